The number of aryl methyl sites for hydroxylation is 1. The van der Waals surface area contributed by atoms with Gasteiger partial charge in [0.1, 0.15) is 5.75 Å². The Morgan fingerprint density at radius 3 is 2.25 bits per heavy atom. The summed E-state index contributed by atoms with van der Waals surface area (Å²) in [7, 11) is 2.11. The number of para-hydroxylation sites is 1. The van der Waals surface area contributed by atoms with Crippen molar-refractivity contribution in [2.75, 3.05) is 6.54 Å². The Hall–Kier alpha value is -3.11. The van der Waals surface area contributed by atoms with Gasteiger partial charge in [-0.15, -0.1) is 0 Å². The summed E-state index contributed by atoms with van der Waals surface area (Å²) in [5.74, 6) is 0.423. The molecular weight excluding hydrogens is 442 g/mol. The molecule has 2 aromatic carbocycles. The van der Waals surface area contributed by atoms with Gasteiger partial charge in [-0.2, -0.15) is 0 Å². The maximum Gasteiger partial charge on any atom is 0.123 e. The van der Waals surface area contributed by atoms with Crippen molar-refractivity contribution in [2.24, 2.45) is 7.05 Å². The van der Waals surface area contributed by atoms with Gasteiger partial charge < -0.3 is 9.67 Å². The number of hydrogen-bond donors (Lipinski definition) is 1. The molecule has 2 aromatic heterocycles. The lowest BCUT2D eigenvalue weighted by Gasteiger charge is -2.29. The zero-order valence-corrected chi connectivity index (χ0v) is 23.0. The SMILES string of the molecule is Cn1cc(CCN(Cc2ccccn2)Cc2cc(C(C)(C)C)cc(C(C)(C)C)c2O)c2ccccc21. The second kappa shape index (κ2) is 10.1. The van der Waals surface area contributed by atoms with Crippen LogP contribution in [-0.2, 0) is 37.4 Å². The lowest BCUT2D eigenvalue weighted by Crippen LogP contribution is -2.27. The van der Waals surface area contributed by atoms with Crippen molar-refractivity contribution >= 4 is 10.9 Å². The van der Waals surface area contributed by atoms with Crippen LogP contribution in [0.1, 0.15) is 69.5 Å². The number of phenols is 1. The van der Waals surface area contributed by atoms with Gasteiger partial charge in [0, 0.05) is 55.5 Å². The Balaban J connectivity index is 1.68. The first kappa shape index (κ1) is 26.0. The zero-order valence-electron chi connectivity index (χ0n) is 23.0. The van der Waals surface area contributed by atoms with Crippen molar-refractivity contribution in [2.45, 2.75) is 71.9 Å². The molecule has 0 amide bonds. The van der Waals surface area contributed by atoms with Crippen molar-refractivity contribution in [1.82, 2.24) is 14.5 Å². The van der Waals surface area contributed by atoms with E-state index in [2.05, 4.69) is 112 Å². The highest BCUT2D eigenvalue weighted by molar-refractivity contribution is 5.83. The number of aromatic nitrogens is 2. The highest BCUT2D eigenvalue weighted by atomic mass is 16.3. The van der Waals surface area contributed by atoms with Crippen molar-refractivity contribution in [1.29, 1.82) is 0 Å². The minimum atomic E-state index is -0.144. The van der Waals surface area contributed by atoms with Crippen molar-refractivity contribution in [3.8, 4) is 5.75 Å². The van der Waals surface area contributed by atoms with Gasteiger partial charge in [0.15, 0.2) is 0 Å². The Morgan fingerprint density at radius 2 is 1.58 bits per heavy atom. The summed E-state index contributed by atoms with van der Waals surface area (Å²) in [6.45, 7) is 15.5. The van der Waals surface area contributed by atoms with Gasteiger partial charge in [0.2, 0.25) is 0 Å². The molecule has 0 aliphatic rings. The van der Waals surface area contributed by atoms with E-state index in [4.69, 9.17) is 0 Å². The molecule has 4 rings (SSSR count). The van der Waals surface area contributed by atoms with Crippen LogP contribution in [0, 0.1) is 0 Å². The highest BCUT2D eigenvalue weighted by Crippen LogP contribution is 2.38. The molecule has 0 bridgehead atoms. The molecule has 0 spiro atoms. The summed E-state index contributed by atoms with van der Waals surface area (Å²) in [4.78, 5) is 7.01. The number of pyridine rings is 1. The molecule has 0 aliphatic heterocycles. The quantitative estimate of drug-likeness (QED) is 0.304. The maximum absolute atomic E-state index is 11.4. The predicted molar refractivity (Wildman–Crippen MR) is 150 cm³/mol. The van der Waals surface area contributed by atoms with Gasteiger partial charge in [-0.1, -0.05) is 77.9 Å². The number of rotatable bonds is 7. The molecule has 0 radical (unpaired) electrons. The topological polar surface area (TPSA) is 41.3 Å². The molecule has 0 saturated carbocycles. The van der Waals surface area contributed by atoms with Crippen LogP contribution in [0.4, 0.5) is 0 Å². The molecule has 0 aliphatic carbocycles. The second-order valence-electron chi connectivity index (χ2n) is 12.1. The minimum absolute atomic E-state index is 0.00276. The van der Waals surface area contributed by atoms with Crippen LogP contribution >= 0.6 is 0 Å². The van der Waals surface area contributed by atoms with E-state index >= 15 is 0 Å². The number of aromatic hydroxyl groups is 1. The van der Waals surface area contributed by atoms with E-state index in [1.165, 1.54) is 22.0 Å². The van der Waals surface area contributed by atoms with E-state index in [0.29, 0.717) is 12.3 Å². The zero-order chi connectivity index (χ0) is 26.1. The summed E-state index contributed by atoms with van der Waals surface area (Å²) < 4.78 is 2.21. The Morgan fingerprint density at radius 1 is 0.861 bits per heavy atom. The van der Waals surface area contributed by atoms with Gasteiger partial charge in [0.05, 0.1) is 5.69 Å². The highest BCUT2D eigenvalue weighted by Gasteiger charge is 2.26. The van der Waals surface area contributed by atoms with Crippen LogP contribution in [-0.4, -0.2) is 26.1 Å². The summed E-state index contributed by atoms with van der Waals surface area (Å²) in [6.07, 6.45) is 5.03. The lowest BCUT2D eigenvalue weighted by molar-refractivity contribution is 0.252. The molecule has 4 heteroatoms. The molecule has 36 heavy (non-hydrogen) atoms. The standard InChI is InChI=1S/C32H41N3O/c1-31(2,3)25-18-24(30(36)28(19-25)32(4,5)6)21-35(22-26-12-10-11-16-33-26)17-15-23-20-34(7)29-14-9-8-13-27(23)29/h8-14,16,18-20,36H,15,17,21-22H2,1-7H3. The van der Waals surface area contributed by atoms with Crippen LogP contribution in [0.5, 0.6) is 5.75 Å². The minimum Gasteiger partial charge on any atom is -0.507 e. The summed E-state index contributed by atoms with van der Waals surface area (Å²) in [5.41, 5.74) is 6.76. The van der Waals surface area contributed by atoms with Crippen molar-refractivity contribution in [3.63, 3.8) is 0 Å². The normalized spacial score (nSPS) is 12.6. The number of nitrogens with zero attached hydrogens (tertiary/aromatic N) is 3. The van der Waals surface area contributed by atoms with Crippen molar-refractivity contribution < 1.29 is 5.11 Å². The molecule has 0 saturated heterocycles. The lowest BCUT2D eigenvalue weighted by atomic mass is 9.79. The first-order valence-electron chi connectivity index (χ1n) is 13.0. The fraction of sp³-hybridized carbons (Fsp3) is 0.406. The fourth-order valence-electron chi connectivity index (χ4n) is 4.90. The molecule has 2 heterocycles. The molecule has 1 N–H and O–H groups in total. The van der Waals surface area contributed by atoms with E-state index in [1.807, 2.05) is 18.3 Å². The van der Waals surface area contributed by atoms with E-state index in [9.17, 15) is 5.11 Å². The number of fused-ring (bicyclic) bond motifs is 1. The van der Waals surface area contributed by atoms with Gasteiger partial charge in [-0.05, 0) is 52.1 Å². The Kier molecular flexibility index (Phi) is 7.28. The first-order valence-corrected chi connectivity index (χ1v) is 13.0. The molecule has 4 nitrogen and oxygen atoms in total. The molecule has 0 unspecified atom stereocenters. The van der Waals surface area contributed by atoms with Crippen LogP contribution in [0.15, 0.2) is 67.0 Å². The largest absolute Gasteiger partial charge is 0.507 e. The van der Waals surface area contributed by atoms with E-state index in [0.717, 1.165) is 36.3 Å². The van der Waals surface area contributed by atoms with Crippen LogP contribution in [0.2, 0.25) is 0 Å². The number of benzene rings is 2. The van der Waals surface area contributed by atoms with E-state index in [1.54, 1.807) is 0 Å². The van der Waals surface area contributed by atoms with Crippen LogP contribution < -0.4 is 0 Å². The van der Waals surface area contributed by atoms with Gasteiger partial charge in [0.25, 0.3) is 0 Å². The maximum atomic E-state index is 11.4. The smallest absolute Gasteiger partial charge is 0.123 e. The van der Waals surface area contributed by atoms with Gasteiger partial charge >= 0.3 is 0 Å². The van der Waals surface area contributed by atoms with Crippen LogP contribution in [0.3, 0.4) is 0 Å². The first-order chi connectivity index (χ1) is 16.9. The third-order valence-corrected chi connectivity index (χ3v) is 7.05. The summed E-state index contributed by atoms with van der Waals surface area (Å²) in [6, 6.07) is 19.1. The van der Waals surface area contributed by atoms with E-state index < -0.39 is 0 Å². The average molecular weight is 484 g/mol. The Bertz CT molecular complexity index is 1320. The van der Waals surface area contributed by atoms with Crippen LogP contribution in [0.25, 0.3) is 10.9 Å². The average Bonchev–Trinajstić information content (AvgIpc) is 3.13. The summed E-state index contributed by atoms with van der Waals surface area (Å²) >= 11 is 0. The van der Waals surface area contributed by atoms with E-state index in [-0.39, 0.29) is 10.8 Å². The third-order valence-electron chi connectivity index (χ3n) is 7.05. The van der Waals surface area contributed by atoms with Gasteiger partial charge in [-0.25, -0.2) is 0 Å². The van der Waals surface area contributed by atoms with Crippen molar-refractivity contribution in [3.05, 3.63) is 94.9 Å². The molecule has 0 atom stereocenters. The molecule has 4 aromatic rings. The number of phenolic OH excluding ortho intramolecular Hbond substituents is 1. The van der Waals surface area contributed by atoms with Gasteiger partial charge in [-0.3, -0.25) is 9.88 Å². The summed E-state index contributed by atoms with van der Waals surface area (Å²) in [5, 5.41) is 12.7. The molecule has 190 valence electrons. The predicted octanol–water partition coefficient (Wildman–Crippen LogP) is 7.12. The molecule has 0 fully saturated rings. The second-order valence-corrected chi connectivity index (χ2v) is 12.1. The third kappa shape index (κ3) is 5.82. The number of hydrogen-bond acceptors (Lipinski definition) is 3. The molecular formula is C32H41N3O. The monoisotopic (exact) mass is 483 g/mol. The Labute approximate surface area is 216 Å². The fourth-order valence-corrected chi connectivity index (χ4v) is 4.90.